The van der Waals surface area contributed by atoms with Crippen LogP contribution in [0.25, 0.3) is 0 Å². The molecule has 4 nitrogen and oxygen atoms in total. The Hall–Kier alpha value is -1.84. The second-order valence-corrected chi connectivity index (χ2v) is 5.08. The summed E-state index contributed by atoms with van der Waals surface area (Å²) >= 11 is 0. The average molecular weight is 245 g/mol. The predicted octanol–water partition coefficient (Wildman–Crippen LogP) is 1.55. The van der Waals surface area contributed by atoms with E-state index in [2.05, 4.69) is 17.1 Å². The van der Waals surface area contributed by atoms with E-state index in [9.17, 15) is 4.79 Å². The van der Waals surface area contributed by atoms with Crippen molar-refractivity contribution in [1.82, 2.24) is 4.90 Å². The van der Waals surface area contributed by atoms with Gasteiger partial charge < -0.3 is 5.73 Å². The number of guanidine groups is 1. The summed E-state index contributed by atoms with van der Waals surface area (Å²) in [6, 6.07) is 10.2. The van der Waals surface area contributed by atoms with Crippen molar-refractivity contribution in [3.63, 3.8) is 0 Å². The summed E-state index contributed by atoms with van der Waals surface area (Å²) in [6.45, 7) is 1.99. The van der Waals surface area contributed by atoms with Gasteiger partial charge in [0.15, 0.2) is 5.96 Å². The van der Waals surface area contributed by atoms with Crippen LogP contribution < -0.4 is 5.73 Å². The molecule has 1 aromatic rings. The summed E-state index contributed by atoms with van der Waals surface area (Å²) in [6.07, 6.45) is 2.17. The Morgan fingerprint density at radius 1 is 1.39 bits per heavy atom. The van der Waals surface area contributed by atoms with Gasteiger partial charge in [-0.2, -0.15) is 0 Å². The molecule has 2 N–H and O–H groups in total. The molecule has 0 saturated carbocycles. The van der Waals surface area contributed by atoms with Crippen LogP contribution in [0.3, 0.4) is 0 Å². The van der Waals surface area contributed by atoms with Gasteiger partial charge in [0.05, 0.1) is 12.0 Å². The van der Waals surface area contributed by atoms with E-state index >= 15 is 0 Å². The second-order valence-electron chi connectivity index (χ2n) is 5.08. The first-order chi connectivity index (χ1) is 8.50. The highest BCUT2D eigenvalue weighted by Crippen LogP contribution is 2.26. The number of benzene rings is 1. The minimum absolute atomic E-state index is 0.0399. The Bertz CT molecular complexity index is 469. The molecule has 0 unspecified atom stereocenters. The summed E-state index contributed by atoms with van der Waals surface area (Å²) in [7, 11) is 1.66. The third-order valence-corrected chi connectivity index (χ3v) is 3.43. The van der Waals surface area contributed by atoms with Gasteiger partial charge in [0.25, 0.3) is 0 Å². The molecule has 18 heavy (non-hydrogen) atoms. The number of hydrogen-bond donors (Lipinski definition) is 1. The number of nitrogens with two attached hydrogens (primary N) is 1. The Balaban J connectivity index is 2.07. The van der Waals surface area contributed by atoms with E-state index in [0.717, 1.165) is 12.8 Å². The maximum atomic E-state index is 11.8. The fraction of sp³-hybridized carbons (Fsp3) is 0.429. The number of rotatable bonds is 3. The van der Waals surface area contributed by atoms with Crippen molar-refractivity contribution in [3.8, 4) is 0 Å². The van der Waals surface area contributed by atoms with Gasteiger partial charge in [0.1, 0.15) is 0 Å². The minimum Gasteiger partial charge on any atom is -0.369 e. The summed E-state index contributed by atoms with van der Waals surface area (Å²) in [4.78, 5) is 17.7. The molecular weight excluding hydrogens is 226 g/mol. The fourth-order valence-electron chi connectivity index (χ4n) is 2.17. The summed E-state index contributed by atoms with van der Waals surface area (Å²) < 4.78 is 0. The molecule has 2 rings (SSSR count). The SMILES string of the molecule is CN1C(=O)C[C@@](C)(CCc2ccccc2)N=C1N. The van der Waals surface area contributed by atoms with Gasteiger partial charge in [-0.1, -0.05) is 30.3 Å². The number of nitrogens with zero attached hydrogens (tertiary/aromatic N) is 2. The van der Waals surface area contributed by atoms with Crippen LogP contribution in [0.2, 0.25) is 0 Å². The van der Waals surface area contributed by atoms with Crippen molar-refractivity contribution >= 4 is 11.9 Å². The third kappa shape index (κ3) is 2.70. The molecule has 1 amide bonds. The van der Waals surface area contributed by atoms with E-state index in [4.69, 9.17) is 5.73 Å². The lowest BCUT2D eigenvalue weighted by atomic mass is 9.89. The lowest BCUT2D eigenvalue weighted by Crippen LogP contribution is -2.48. The quantitative estimate of drug-likeness (QED) is 0.878. The van der Waals surface area contributed by atoms with Crippen molar-refractivity contribution in [2.24, 2.45) is 10.7 Å². The van der Waals surface area contributed by atoms with Gasteiger partial charge in [-0.3, -0.25) is 9.69 Å². The van der Waals surface area contributed by atoms with Gasteiger partial charge in [-0.25, -0.2) is 4.99 Å². The number of aryl methyl sites for hydroxylation is 1. The molecule has 1 aliphatic rings. The zero-order valence-corrected chi connectivity index (χ0v) is 10.9. The van der Waals surface area contributed by atoms with Gasteiger partial charge in [-0.05, 0) is 25.3 Å². The summed E-state index contributed by atoms with van der Waals surface area (Å²) in [5.41, 5.74) is 6.66. The molecule has 4 heteroatoms. The molecule has 0 aromatic heterocycles. The first-order valence-corrected chi connectivity index (χ1v) is 6.16. The lowest BCUT2D eigenvalue weighted by Gasteiger charge is -2.33. The maximum absolute atomic E-state index is 11.8. The Labute approximate surface area is 108 Å². The lowest BCUT2D eigenvalue weighted by molar-refractivity contribution is -0.128. The zero-order chi connectivity index (χ0) is 13.2. The Morgan fingerprint density at radius 2 is 2.06 bits per heavy atom. The van der Waals surface area contributed by atoms with E-state index in [-0.39, 0.29) is 11.4 Å². The van der Waals surface area contributed by atoms with Crippen molar-refractivity contribution in [2.75, 3.05) is 7.05 Å². The van der Waals surface area contributed by atoms with Crippen molar-refractivity contribution in [3.05, 3.63) is 35.9 Å². The second kappa shape index (κ2) is 4.80. The van der Waals surface area contributed by atoms with E-state index in [0.29, 0.717) is 12.4 Å². The molecule has 0 fully saturated rings. The van der Waals surface area contributed by atoms with Gasteiger partial charge >= 0.3 is 0 Å². The number of carbonyl (C=O) groups is 1. The number of aliphatic imine (C=N–C) groups is 1. The smallest absolute Gasteiger partial charge is 0.231 e. The third-order valence-electron chi connectivity index (χ3n) is 3.43. The van der Waals surface area contributed by atoms with Gasteiger partial charge in [0.2, 0.25) is 5.91 Å². The van der Waals surface area contributed by atoms with Gasteiger partial charge in [-0.15, -0.1) is 0 Å². The van der Waals surface area contributed by atoms with Crippen LogP contribution in [0.5, 0.6) is 0 Å². The fourth-order valence-corrected chi connectivity index (χ4v) is 2.17. The molecular formula is C14H19N3O. The van der Waals surface area contributed by atoms with E-state index in [1.165, 1.54) is 10.5 Å². The molecule has 96 valence electrons. The van der Waals surface area contributed by atoms with Crippen LogP contribution in [0.1, 0.15) is 25.3 Å². The van der Waals surface area contributed by atoms with E-state index in [1.54, 1.807) is 7.05 Å². The van der Waals surface area contributed by atoms with Crippen molar-refractivity contribution < 1.29 is 4.79 Å². The van der Waals surface area contributed by atoms with Crippen LogP contribution in [-0.4, -0.2) is 29.4 Å². The Kier molecular flexibility index (Phi) is 3.36. The highest BCUT2D eigenvalue weighted by Gasteiger charge is 2.33. The van der Waals surface area contributed by atoms with Crippen LogP contribution in [0, 0.1) is 0 Å². The Morgan fingerprint density at radius 3 is 2.67 bits per heavy atom. The molecule has 0 aliphatic carbocycles. The normalized spacial score (nSPS) is 24.0. The summed E-state index contributed by atoms with van der Waals surface area (Å²) in [5, 5.41) is 0. The maximum Gasteiger partial charge on any atom is 0.231 e. The highest BCUT2D eigenvalue weighted by atomic mass is 16.2. The van der Waals surface area contributed by atoms with Crippen LogP contribution >= 0.6 is 0 Å². The first kappa shape index (κ1) is 12.6. The predicted molar refractivity (Wildman–Crippen MR) is 72.2 cm³/mol. The highest BCUT2D eigenvalue weighted by molar-refractivity contribution is 5.98. The average Bonchev–Trinajstić information content (AvgIpc) is 2.35. The number of carbonyl (C=O) groups excluding carboxylic acids is 1. The van der Waals surface area contributed by atoms with Crippen molar-refractivity contribution in [2.45, 2.75) is 31.7 Å². The molecule has 1 aromatic carbocycles. The molecule has 0 radical (unpaired) electrons. The first-order valence-electron chi connectivity index (χ1n) is 6.16. The van der Waals surface area contributed by atoms with Crippen LogP contribution in [0.4, 0.5) is 0 Å². The molecule has 0 saturated heterocycles. The molecule has 1 aliphatic heterocycles. The van der Waals surface area contributed by atoms with E-state index in [1.807, 2.05) is 25.1 Å². The number of amides is 1. The molecule has 1 heterocycles. The molecule has 1 atom stereocenters. The molecule has 0 spiro atoms. The molecule has 0 bridgehead atoms. The van der Waals surface area contributed by atoms with Crippen molar-refractivity contribution in [1.29, 1.82) is 0 Å². The van der Waals surface area contributed by atoms with Gasteiger partial charge in [0, 0.05) is 7.05 Å². The summed E-state index contributed by atoms with van der Waals surface area (Å²) in [5.74, 6) is 0.361. The van der Waals surface area contributed by atoms with Crippen LogP contribution in [0.15, 0.2) is 35.3 Å². The zero-order valence-electron chi connectivity index (χ0n) is 10.9. The minimum atomic E-state index is -0.372. The number of hydrogen-bond acceptors (Lipinski definition) is 3. The standard InChI is InChI=1S/C14H19N3O/c1-14(9-8-11-6-4-3-5-7-11)10-12(18)17(2)13(15)16-14/h3-7H,8-10H2,1-2H3,(H2,15,16)/t14-/m1/s1. The van der Waals surface area contributed by atoms with Crippen LogP contribution in [-0.2, 0) is 11.2 Å². The topological polar surface area (TPSA) is 58.7 Å². The largest absolute Gasteiger partial charge is 0.369 e. The monoisotopic (exact) mass is 245 g/mol. The van der Waals surface area contributed by atoms with E-state index < -0.39 is 0 Å².